The summed E-state index contributed by atoms with van der Waals surface area (Å²) in [7, 11) is 0. The van der Waals surface area contributed by atoms with E-state index in [0.717, 1.165) is 27.1 Å². The van der Waals surface area contributed by atoms with E-state index in [1.807, 2.05) is 48.5 Å². The molecule has 10 heteroatoms. The number of rotatable bonds is 9. The lowest BCUT2D eigenvalue weighted by atomic mass is 9.97. The molecule has 0 bridgehead atoms. The molecule has 0 aliphatic heterocycles. The topological polar surface area (TPSA) is 149 Å². The Balaban J connectivity index is 1.55. The van der Waals surface area contributed by atoms with Gasteiger partial charge in [0.1, 0.15) is 23.4 Å². The number of hydrogen-bond acceptors (Lipinski definition) is 7. The number of phenols is 1. The molecule has 0 fully saturated rings. The number of nitrogens with zero attached hydrogens (tertiary/aromatic N) is 1. The molecule has 0 radical (unpaired) electrons. The molecule has 5 N–H and O–H groups in total. The fourth-order valence-corrected chi connectivity index (χ4v) is 4.42. The first kappa shape index (κ1) is 30.0. The fraction of sp³-hybridized carbons (Fsp3) is 0.250. The van der Waals surface area contributed by atoms with Crippen molar-refractivity contribution in [3.63, 3.8) is 0 Å². The normalized spacial score (nSPS) is 13.0. The van der Waals surface area contributed by atoms with Crippen LogP contribution in [0.2, 0.25) is 0 Å². The minimum atomic E-state index is -1.36. The second kappa shape index (κ2) is 13.1. The van der Waals surface area contributed by atoms with E-state index in [9.17, 15) is 24.6 Å². The molecule has 10 nitrogen and oxygen atoms in total. The van der Waals surface area contributed by atoms with Crippen molar-refractivity contribution in [1.29, 1.82) is 0 Å². The lowest BCUT2D eigenvalue weighted by Gasteiger charge is -2.24. The molecule has 2 atom stereocenters. The van der Waals surface area contributed by atoms with Crippen LogP contribution in [0, 0.1) is 0 Å². The maximum atomic E-state index is 13.3. The first-order valence-electron chi connectivity index (χ1n) is 13.5. The number of benzene rings is 4. The van der Waals surface area contributed by atoms with E-state index >= 15 is 0 Å². The lowest BCUT2D eigenvalue weighted by molar-refractivity contribution is -0.130. The van der Waals surface area contributed by atoms with Crippen molar-refractivity contribution in [3.05, 3.63) is 90.0 Å². The summed E-state index contributed by atoms with van der Waals surface area (Å²) < 4.78 is 5.17. The summed E-state index contributed by atoms with van der Waals surface area (Å²) in [5, 5.41) is 32.5. The third-order valence-corrected chi connectivity index (χ3v) is 6.38. The molecule has 0 heterocycles. The average molecular weight is 571 g/mol. The van der Waals surface area contributed by atoms with Crippen LogP contribution in [-0.4, -0.2) is 58.6 Å². The molecular weight excluding hydrogens is 536 g/mol. The summed E-state index contributed by atoms with van der Waals surface area (Å²) in [6.07, 6.45) is 0.737. The number of hydrogen-bond donors (Lipinski definition) is 5. The van der Waals surface area contributed by atoms with Crippen LogP contribution in [0.25, 0.3) is 21.5 Å². The number of fused-ring (bicyclic) bond motifs is 2. The maximum absolute atomic E-state index is 13.3. The van der Waals surface area contributed by atoms with E-state index in [1.165, 1.54) is 12.1 Å². The first-order chi connectivity index (χ1) is 20.0. The summed E-state index contributed by atoms with van der Waals surface area (Å²) in [5.41, 5.74) is 3.18. The molecule has 42 heavy (non-hydrogen) atoms. The van der Waals surface area contributed by atoms with Gasteiger partial charge in [-0.1, -0.05) is 60.7 Å². The Bertz CT molecular complexity index is 1560. The predicted molar refractivity (Wildman–Crippen MR) is 161 cm³/mol. The zero-order chi connectivity index (χ0) is 30.3. The third kappa shape index (κ3) is 7.82. The molecule has 0 aliphatic rings. The lowest BCUT2D eigenvalue weighted by Crippen LogP contribution is -2.55. The number of carbonyl (C=O) groups is 3. The van der Waals surface area contributed by atoms with Gasteiger partial charge in [0, 0.05) is 12.0 Å². The van der Waals surface area contributed by atoms with Gasteiger partial charge < -0.3 is 25.6 Å². The summed E-state index contributed by atoms with van der Waals surface area (Å²) in [6, 6.07) is 21.5. The van der Waals surface area contributed by atoms with Gasteiger partial charge in [0.15, 0.2) is 0 Å². The predicted octanol–water partition coefficient (Wildman–Crippen LogP) is 3.76. The van der Waals surface area contributed by atoms with Gasteiger partial charge in [-0.3, -0.25) is 9.59 Å². The van der Waals surface area contributed by atoms with Crippen molar-refractivity contribution in [2.24, 2.45) is 5.10 Å². The van der Waals surface area contributed by atoms with Gasteiger partial charge in [0.05, 0.1) is 12.8 Å². The van der Waals surface area contributed by atoms with E-state index in [2.05, 4.69) is 27.2 Å². The number of ether oxygens (including phenoxy) is 1. The Morgan fingerprint density at radius 3 is 2.02 bits per heavy atom. The van der Waals surface area contributed by atoms with E-state index in [1.54, 1.807) is 39.1 Å². The monoisotopic (exact) mass is 570 g/mol. The standard InChI is InChI=1S/C32H34N4O6/c1-32(2,3)42-31(41)35-28(19-37)29(39)34-27(16-20-12-14-23(38)15-13-20)30(40)36-33-18-26-24-10-6-4-8-21(24)17-22-9-5-7-11-25(22)26/h4-15,17-18,27-28,37-38H,16,19H2,1-3H3,(H,34,39)(H,35,41)(H,36,40)/b33-18-/t27-,28-/m0/s1. The molecule has 0 saturated carbocycles. The van der Waals surface area contributed by atoms with Gasteiger partial charge >= 0.3 is 6.09 Å². The van der Waals surface area contributed by atoms with Crippen LogP contribution < -0.4 is 16.1 Å². The van der Waals surface area contributed by atoms with Crippen LogP contribution in [-0.2, 0) is 20.7 Å². The van der Waals surface area contributed by atoms with Gasteiger partial charge in [-0.15, -0.1) is 0 Å². The Morgan fingerprint density at radius 2 is 1.45 bits per heavy atom. The molecule has 3 amide bonds. The molecule has 0 unspecified atom stereocenters. The molecule has 0 aromatic heterocycles. The van der Waals surface area contributed by atoms with Gasteiger partial charge in [0.2, 0.25) is 5.91 Å². The Morgan fingerprint density at radius 1 is 0.857 bits per heavy atom. The molecule has 4 aromatic carbocycles. The number of carbonyl (C=O) groups excluding carboxylic acids is 3. The highest BCUT2D eigenvalue weighted by molar-refractivity contribution is 6.13. The van der Waals surface area contributed by atoms with Gasteiger partial charge in [-0.2, -0.15) is 5.10 Å². The highest BCUT2D eigenvalue weighted by atomic mass is 16.6. The summed E-state index contributed by atoms with van der Waals surface area (Å²) in [6.45, 7) is 4.28. The van der Waals surface area contributed by atoms with Crippen LogP contribution in [0.15, 0.2) is 84.0 Å². The second-order valence-corrected chi connectivity index (χ2v) is 10.8. The van der Waals surface area contributed by atoms with E-state index in [4.69, 9.17) is 4.74 Å². The van der Waals surface area contributed by atoms with Crippen LogP contribution >= 0.6 is 0 Å². The number of aliphatic hydroxyl groups is 1. The number of amides is 3. The minimum Gasteiger partial charge on any atom is -0.508 e. The number of aliphatic hydroxyl groups excluding tert-OH is 1. The number of hydrazone groups is 1. The van der Waals surface area contributed by atoms with Gasteiger partial charge in [-0.05, 0) is 66.1 Å². The molecule has 218 valence electrons. The zero-order valence-electron chi connectivity index (χ0n) is 23.6. The van der Waals surface area contributed by atoms with Crippen molar-refractivity contribution >= 4 is 45.7 Å². The molecule has 4 rings (SSSR count). The summed E-state index contributed by atoms with van der Waals surface area (Å²) >= 11 is 0. The SMILES string of the molecule is CC(C)(C)OC(=O)N[C@@H](CO)C(=O)N[C@@H](Cc1ccc(O)cc1)C(=O)N/N=C\c1c2ccccc2cc2ccccc12. The van der Waals surface area contributed by atoms with E-state index in [0.29, 0.717) is 5.56 Å². The quantitative estimate of drug-likeness (QED) is 0.118. The molecule has 4 aromatic rings. The molecule has 0 spiro atoms. The smallest absolute Gasteiger partial charge is 0.408 e. The van der Waals surface area contributed by atoms with Gasteiger partial charge in [0.25, 0.3) is 5.91 Å². The highest BCUT2D eigenvalue weighted by Gasteiger charge is 2.28. The average Bonchev–Trinajstić information content (AvgIpc) is 2.95. The summed E-state index contributed by atoms with van der Waals surface area (Å²) in [5.74, 6) is -1.35. The number of aromatic hydroxyl groups is 1. The fourth-order valence-electron chi connectivity index (χ4n) is 4.42. The van der Waals surface area contributed by atoms with Gasteiger partial charge in [-0.25, -0.2) is 10.2 Å². The van der Waals surface area contributed by atoms with Crippen LogP contribution in [0.3, 0.4) is 0 Å². The number of phenolic OH excluding ortho intramolecular Hbond substituents is 1. The zero-order valence-corrected chi connectivity index (χ0v) is 23.6. The molecule has 0 aliphatic carbocycles. The third-order valence-electron chi connectivity index (χ3n) is 6.38. The van der Waals surface area contributed by atoms with Crippen LogP contribution in [0.1, 0.15) is 31.9 Å². The van der Waals surface area contributed by atoms with Crippen molar-refractivity contribution in [2.75, 3.05) is 6.61 Å². The Hall–Kier alpha value is -4.96. The van der Waals surface area contributed by atoms with E-state index in [-0.39, 0.29) is 12.2 Å². The second-order valence-electron chi connectivity index (χ2n) is 10.8. The van der Waals surface area contributed by atoms with Crippen molar-refractivity contribution < 1.29 is 29.3 Å². The molecule has 0 saturated heterocycles. The minimum absolute atomic E-state index is 0.0508. The maximum Gasteiger partial charge on any atom is 0.408 e. The number of nitrogens with one attached hydrogen (secondary N) is 3. The molecular formula is C32H34N4O6. The number of alkyl carbamates (subject to hydrolysis) is 1. The summed E-state index contributed by atoms with van der Waals surface area (Å²) in [4.78, 5) is 38.5. The van der Waals surface area contributed by atoms with E-state index < -0.39 is 42.2 Å². The largest absolute Gasteiger partial charge is 0.508 e. The van der Waals surface area contributed by atoms with Crippen molar-refractivity contribution in [2.45, 2.75) is 44.9 Å². The van der Waals surface area contributed by atoms with Crippen LogP contribution in [0.4, 0.5) is 4.79 Å². The Labute approximate surface area is 243 Å². The van der Waals surface area contributed by atoms with Crippen molar-refractivity contribution in [3.8, 4) is 5.75 Å². The van der Waals surface area contributed by atoms with Crippen LogP contribution in [0.5, 0.6) is 5.75 Å². The Kier molecular flexibility index (Phi) is 9.39. The highest BCUT2D eigenvalue weighted by Crippen LogP contribution is 2.27. The van der Waals surface area contributed by atoms with Crippen molar-refractivity contribution in [1.82, 2.24) is 16.1 Å². The first-order valence-corrected chi connectivity index (χ1v) is 13.5.